The number of hydrogen-bond acceptors (Lipinski definition) is 4. The van der Waals surface area contributed by atoms with Crippen LogP contribution >= 0.6 is 23.2 Å². The van der Waals surface area contributed by atoms with Crippen LogP contribution in [0.1, 0.15) is 16.1 Å². The summed E-state index contributed by atoms with van der Waals surface area (Å²) in [6, 6.07) is 10.8. The Hall–Kier alpha value is -2.24. The molecule has 0 amide bonds. The maximum atomic E-state index is 11.5. The number of pyridine rings is 1. The normalized spacial score (nSPS) is 10.7. The van der Waals surface area contributed by atoms with Gasteiger partial charge in [-0.15, -0.1) is 0 Å². The smallest absolute Gasteiger partial charge is 0.354 e. The van der Waals surface area contributed by atoms with E-state index < -0.39 is 5.97 Å². The van der Waals surface area contributed by atoms with Gasteiger partial charge in [0.15, 0.2) is 0 Å². The minimum absolute atomic E-state index is 0.362. The van der Waals surface area contributed by atoms with Crippen molar-refractivity contribution in [2.24, 2.45) is 0 Å². The zero-order chi connectivity index (χ0) is 16.4. The molecule has 0 fully saturated rings. The second kappa shape index (κ2) is 6.48. The predicted molar refractivity (Wildman–Crippen MR) is 91.2 cm³/mol. The number of ether oxygens (including phenoxy) is 1. The Morgan fingerprint density at radius 2 is 2.00 bits per heavy atom. The lowest BCUT2D eigenvalue weighted by Gasteiger charge is -2.09. The molecule has 0 radical (unpaired) electrons. The standard InChI is InChI=1S/C16H13Cl2N3O2/c1-23-16(22)13-7-9-5-6-14(21-15(9)20-13)19-8-10-11(17)3-2-4-12(10)18/h2-7H,8H2,1H3,(H2,19,20,21). The van der Waals surface area contributed by atoms with E-state index in [1.54, 1.807) is 24.3 Å². The van der Waals surface area contributed by atoms with E-state index in [2.05, 4.69) is 20.0 Å². The third-order valence-electron chi connectivity index (χ3n) is 3.39. The number of methoxy groups -OCH3 is 1. The fraction of sp³-hybridized carbons (Fsp3) is 0.125. The number of hydrogen-bond donors (Lipinski definition) is 2. The second-order valence-electron chi connectivity index (χ2n) is 4.86. The predicted octanol–water partition coefficient (Wildman–Crippen LogP) is 4.27. The molecule has 0 spiro atoms. The van der Waals surface area contributed by atoms with Crippen molar-refractivity contribution in [3.63, 3.8) is 0 Å². The van der Waals surface area contributed by atoms with E-state index in [9.17, 15) is 4.79 Å². The van der Waals surface area contributed by atoms with Crippen LogP contribution in [0, 0.1) is 0 Å². The maximum absolute atomic E-state index is 11.5. The molecule has 0 bridgehead atoms. The van der Waals surface area contributed by atoms with Gasteiger partial charge < -0.3 is 15.0 Å². The molecule has 1 aromatic carbocycles. The summed E-state index contributed by atoms with van der Waals surface area (Å²) in [5.41, 5.74) is 1.77. The lowest BCUT2D eigenvalue weighted by atomic mass is 10.2. The molecule has 2 aromatic heterocycles. The number of aromatic nitrogens is 2. The average Bonchev–Trinajstić information content (AvgIpc) is 2.97. The monoisotopic (exact) mass is 349 g/mol. The van der Waals surface area contributed by atoms with E-state index in [1.165, 1.54) is 7.11 Å². The molecule has 0 atom stereocenters. The number of nitrogens with one attached hydrogen (secondary N) is 2. The van der Waals surface area contributed by atoms with E-state index in [4.69, 9.17) is 23.2 Å². The molecule has 0 saturated carbocycles. The molecule has 0 aliphatic carbocycles. The van der Waals surface area contributed by atoms with E-state index in [-0.39, 0.29) is 0 Å². The van der Waals surface area contributed by atoms with Gasteiger partial charge in [-0.05, 0) is 30.3 Å². The van der Waals surface area contributed by atoms with Crippen LogP contribution in [0.15, 0.2) is 36.4 Å². The Bertz CT molecular complexity index is 857. The van der Waals surface area contributed by atoms with Crippen molar-refractivity contribution in [2.45, 2.75) is 6.54 Å². The van der Waals surface area contributed by atoms with Crippen LogP contribution in [-0.2, 0) is 11.3 Å². The summed E-state index contributed by atoms with van der Waals surface area (Å²) >= 11 is 12.3. The van der Waals surface area contributed by atoms with Gasteiger partial charge in [-0.3, -0.25) is 0 Å². The Labute approximate surface area is 142 Å². The van der Waals surface area contributed by atoms with Crippen LogP contribution in [0.25, 0.3) is 11.0 Å². The third-order valence-corrected chi connectivity index (χ3v) is 4.10. The molecule has 3 aromatic rings. The molecule has 0 aliphatic heterocycles. The van der Waals surface area contributed by atoms with Gasteiger partial charge in [-0.2, -0.15) is 0 Å². The largest absolute Gasteiger partial charge is 0.464 e. The van der Waals surface area contributed by atoms with Crippen molar-refractivity contribution in [1.82, 2.24) is 9.97 Å². The van der Waals surface area contributed by atoms with Crippen molar-refractivity contribution in [3.05, 3.63) is 57.7 Å². The highest BCUT2D eigenvalue weighted by molar-refractivity contribution is 6.36. The first-order chi connectivity index (χ1) is 11.1. The van der Waals surface area contributed by atoms with Crippen molar-refractivity contribution in [1.29, 1.82) is 0 Å². The minimum atomic E-state index is -0.430. The molecule has 0 aliphatic rings. The minimum Gasteiger partial charge on any atom is -0.464 e. The number of rotatable bonds is 4. The fourth-order valence-electron chi connectivity index (χ4n) is 2.20. The second-order valence-corrected chi connectivity index (χ2v) is 5.68. The van der Waals surface area contributed by atoms with Gasteiger partial charge in [0.1, 0.15) is 17.2 Å². The molecule has 118 valence electrons. The SMILES string of the molecule is COC(=O)c1cc2ccc(NCc3c(Cl)cccc3Cl)nc2[nH]1. The molecule has 2 heterocycles. The summed E-state index contributed by atoms with van der Waals surface area (Å²) < 4.78 is 4.68. The van der Waals surface area contributed by atoms with Crippen LogP contribution in [0.4, 0.5) is 5.82 Å². The van der Waals surface area contributed by atoms with E-state index >= 15 is 0 Å². The number of esters is 1. The van der Waals surface area contributed by atoms with Gasteiger partial charge in [0, 0.05) is 27.5 Å². The summed E-state index contributed by atoms with van der Waals surface area (Å²) in [7, 11) is 1.33. The van der Waals surface area contributed by atoms with Crippen LogP contribution < -0.4 is 5.32 Å². The van der Waals surface area contributed by atoms with Crippen molar-refractivity contribution >= 4 is 46.0 Å². The summed E-state index contributed by atoms with van der Waals surface area (Å²) in [6.07, 6.45) is 0. The summed E-state index contributed by atoms with van der Waals surface area (Å²) in [5.74, 6) is 0.215. The van der Waals surface area contributed by atoms with E-state index in [1.807, 2.05) is 12.1 Å². The van der Waals surface area contributed by atoms with Crippen molar-refractivity contribution < 1.29 is 9.53 Å². The first kappa shape index (κ1) is 15.6. The van der Waals surface area contributed by atoms with Crippen LogP contribution in [0.3, 0.4) is 0 Å². The molecule has 5 nitrogen and oxygen atoms in total. The summed E-state index contributed by atoms with van der Waals surface area (Å²) in [6.45, 7) is 0.446. The van der Waals surface area contributed by atoms with Gasteiger partial charge >= 0.3 is 5.97 Å². The Morgan fingerprint density at radius 1 is 1.26 bits per heavy atom. The Morgan fingerprint density at radius 3 is 2.70 bits per heavy atom. The molecule has 0 unspecified atom stereocenters. The van der Waals surface area contributed by atoms with Crippen LogP contribution in [-0.4, -0.2) is 23.0 Å². The molecular formula is C16H13Cl2N3O2. The van der Waals surface area contributed by atoms with Gasteiger partial charge in [-0.25, -0.2) is 9.78 Å². The average molecular weight is 350 g/mol. The number of aromatic amines is 1. The Kier molecular flexibility index (Phi) is 4.41. The Balaban J connectivity index is 1.82. The quantitative estimate of drug-likeness (QED) is 0.690. The highest BCUT2D eigenvalue weighted by Gasteiger charge is 2.11. The number of nitrogens with zero attached hydrogens (tertiary/aromatic N) is 1. The topological polar surface area (TPSA) is 67.0 Å². The summed E-state index contributed by atoms with van der Waals surface area (Å²) in [4.78, 5) is 18.9. The molecule has 23 heavy (non-hydrogen) atoms. The molecule has 2 N–H and O–H groups in total. The number of carbonyl (C=O) groups excluding carboxylic acids is 1. The fourth-order valence-corrected chi connectivity index (χ4v) is 2.74. The molecular weight excluding hydrogens is 337 g/mol. The van der Waals surface area contributed by atoms with Gasteiger partial charge in [-0.1, -0.05) is 29.3 Å². The number of carbonyl (C=O) groups is 1. The zero-order valence-electron chi connectivity index (χ0n) is 12.2. The van der Waals surface area contributed by atoms with Gasteiger partial charge in [0.05, 0.1) is 7.11 Å². The van der Waals surface area contributed by atoms with E-state index in [0.29, 0.717) is 33.7 Å². The first-order valence-electron chi connectivity index (χ1n) is 6.83. The van der Waals surface area contributed by atoms with Crippen LogP contribution in [0.5, 0.6) is 0 Å². The number of benzene rings is 1. The zero-order valence-corrected chi connectivity index (χ0v) is 13.7. The van der Waals surface area contributed by atoms with Crippen molar-refractivity contribution in [2.75, 3.05) is 12.4 Å². The lowest BCUT2D eigenvalue weighted by Crippen LogP contribution is -2.03. The van der Waals surface area contributed by atoms with E-state index in [0.717, 1.165) is 10.9 Å². The van der Waals surface area contributed by atoms with Gasteiger partial charge in [0.25, 0.3) is 0 Å². The summed E-state index contributed by atoms with van der Waals surface area (Å²) in [5, 5.41) is 5.19. The maximum Gasteiger partial charge on any atom is 0.354 e. The highest BCUT2D eigenvalue weighted by Crippen LogP contribution is 2.25. The number of anilines is 1. The van der Waals surface area contributed by atoms with Crippen molar-refractivity contribution in [3.8, 4) is 0 Å². The van der Waals surface area contributed by atoms with Crippen LogP contribution in [0.2, 0.25) is 10.0 Å². The number of fused-ring (bicyclic) bond motifs is 1. The number of halogens is 2. The molecule has 7 heteroatoms. The highest BCUT2D eigenvalue weighted by atomic mass is 35.5. The molecule has 3 rings (SSSR count). The molecule has 0 saturated heterocycles. The third kappa shape index (κ3) is 3.25. The van der Waals surface area contributed by atoms with Gasteiger partial charge in [0.2, 0.25) is 0 Å². The first-order valence-corrected chi connectivity index (χ1v) is 7.59. The number of H-pyrrole nitrogens is 1. The lowest BCUT2D eigenvalue weighted by molar-refractivity contribution is 0.0595.